The maximum absolute atomic E-state index is 10.9. The van der Waals surface area contributed by atoms with Crippen LogP contribution in [-0.2, 0) is 9.05 Å². The van der Waals surface area contributed by atoms with Crippen molar-refractivity contribution in [3.8, 4) is 0 Å². The van der Waals surface area contributed by atoms with Gasteiger partial charge in [-0.3, -0.25) is 4.98 Å². The zero-order valence-electron chi connectivity index (χ0n) is 6.74. The number of pyridine rings is 1. The molecule has 72 valence electrons. The van der Waals surface area contributed by atoms with E-state index in [1.807, 2.05) is 0 Å². The highest BCUT2D eigenvalue weighted by Crippen LogP contribution is 2.23. The van der Waals surface area contributed by atoms with Crippen LogP contribution < -0.4 is 0 Å². The maximum Gasteiger partial charge on any atom is 0.240 e. The Labute approximate surface area is 86.1 Å². The van der Waals surface area contributed by atoms with Crippen molar-refractivity contribution < 1.29 is 8.42 Å². The molecule has 1 aromatic rings. The third kappa shape index (κ3) is 2.83. The summed E-state index contributed by atoms with van der Waals surface area (Å²) in [5.74, 6) is 0. The molecule has 1 aromatic heterocycles. The van der Waals surface area contributed by atoms with Gasteiger partial charge in [0.15, 0.2) is 0 Å². The number of aromatic nitrogens is 1. The SMILES string of the molecule is CC(c1ccc(Cl)cn1)S(=O)(=O)Cl. The van der Waals surface area contributed by atoms with Crippen molar-refractivity contribution in [2.75, 3.05) is 0 Å². The van der Waals surface area contributed by atoms with Crippen LogP contribution in [0.4, 0.5) is 0 Å². The quantitative estimate of drug-likeness (QED) is 0.745. The highest BCUT2D eigenvalue weighted by atomic mass is 35.7. The summed E-state index contributed by atoms with van der Waals surface area (Å²) in [7, 11) is 1.56. The van der Waals surface area contributed by atoms with Crippen molar-refractivity contribution in [3.05, 3.63) is 29.0 Å². The predicted molar refractivity (Wildman–Crippen MR) is 52.4 cm³/mol. The summed E-state index contributed by atoms with van der Waals surface area (Å²) in [5, 5.41) is -0.352. The minimum atomic E-state index is -3.60. The molecule has 0 spiro atoms. The Morgan fingerprint density at radius 3 is 2.46 bits per heavy atom. The van der Waals surface area contributed by atoms with Crippen LogP contribution in [0.3, 0.4) is 0 Å². The van der Waals surface area contributed by atoms with Gasteiger partial charge in [-0.2, -0.15) is 0 Å². The van der Waals surface area contributed by atoms with Gasteiger partial charge in [-0.15, -0.1) is 0 Å². The molecule has 0 aromatic carbocycles. The van der Waals surface area contributed by atoms with E-state index in [-0.39, 0.29) is 0 Å². The monoisotopic (exact) mass is 239 g/mol. The molecule has 1 heterocycles. The second-order valence-corrected chi connectivity index (χ2v) is 5.90. The van der Waals surface area contributed by atoms with Gasteiger partial charge in [-0.1, -0.05) is 11.6 Å². The highest BCUT2D eigenvalue weighted by Gasteiger charge is 2.20. The summed E-state index contributed by atoms with van der Waals surface area (Å²) in [4.78, 5) is 3.85. The molecule has 0 amide bonds. The van der Waals surface area contributed by atoms with Gasteiger partial charge in [0.25, 0.3) is 0 Å². The lowest BCUT2D eigenvalue weighted by molar-refractivity contribution is 0.599. The maximum atomic E-state index is 10.9. The summed E-state index contributed by atoms with van der Waals surface area (Å²) in [5.41, 5.74) is 0.388. The molecular weight excluding hydrogens is 233 g/mol. The van der Waals surface area contributed by atoms with Crippen LogP contribution in [0, 0.1) is 0 Å². The van der Waals surface area contributed by atoms with Crippen molar-refractivity contribution in [1.29, 1.82) is 0 Å². The topological polar surface area (TPSA) is 47.0 Å². The van der Waals surface area contributed by atoms with E-state index in [1.165, 1.54) is 19.2 Å². The highest BCUT2D eigenvalue weighted by molar-refractivity contribution is 8.13. The van der Waals surface area contributed by atoms with Crippen LogP contribution in [0.2, 0.25) is 5.02 Å². The molecule has 6 heteroatoms. The molecule has 0 aliphatic rings. The molecular formula is C7H7Cl2NO2S. The minimum Gasteiger partial charge on any atom is -0.258 e. The first-order valence-corrected chi connectivity index (χ1v) is 6.21. The second kappa shape index (κ2) is 3.82. The van der Waals surface area contributed by atoms with Crippen molar-refractivity contribution in [2.45, 2.75) is 12.2 Å². The van der Waals surface area contributed by atoms with Gasteiger partial charge >= 0.3 is 0 Å². The van der Waals surface area contributed by atoms with E-state index in [9.17, 15) is 8.42 Å². The van der Waals surface area contributed by atoms with E-state index in [0.717, 1.165) is 0 Å². The van der Waals surface area contributed by atoms with Crippen LogP contribution in [0.15, 0.2) is 18.3 Å². The lowest BCUT2D eigenvalue weighted by Gasteiger charge is -2.05. The number of nitrogens with zero attached hydrogens (tertiary/aromatic N) is 1. The first kappa shape index (κ1) is 10.8. The number of rotatable bonds is 2. The summed E-state index contributed by atoms with van der Waals surface area (Å²) in [6, 6.07) is 3.11. The van der Waals surface area contributed by atoms with Crippen molar-refractivity contribution in [1.82, 2.24) is 4.98 Å². The van der Waals surface area contributed by atoms with Gasteiger partial charge in [0.2, 0.25) is 9.05 Å². The van der Waals surface area contributed by atoms with Gasteiger partial charge in [0, 0.05) is 16.9 Å². The molecule has 0 aliphatic heterocycles. The van der Waals surface area contributed by atoms with Crippen molar-refractivity contribution >= 4 is 31.3 Å². The normalized spacial score (nSPS) is 14.1. The zero-order valence-corrected chi connectivity index (χ0v) is 9.07. The fourth-order valence-electron chi connectivity index (χ4n) is 0.772. The van der Waals surface area contributed by atoms with Gasteiger partial charge < -0.3 is 0 Å². The van der Waals surface area contributed by atoms with E-state index in [4.69, 9.17) is 22.3 Å². The van der Waals surface area contributed by atoms with Crippen LogP contribution in [0.5, 0.6) is 0 Å². The zero-order chi connectivity index (χ0) is 10.1. The third-order valence-corrected chi connectivity index (χ3v) is 3.70. The summed E-state index contributed by atoms with van der Waals surface area (Å²) in [6.07, 6.45) is 1.38. The molecule has 0 radical (unpaired) electrons. The molecule has 1 atom stereocenters. The molecule has 0 N–H and O–H groups in total. The fourth-order valence-corrected chi connectivity index (χ4v) is 1.59. The number of halogens is 2. The van der Waals surface area contributed by atoms with E-state index in [2.05, 4.69) is 4.98 Å². The molecule has 3 nitrogen and oxygen atoms in total. The fraction of sp³-hybridized carbons (Fsp3) is 0.286. The molecule has 1 rings (SSSR count). The first-order chi connectivity index (χ1) is 5.91. The Morgan fingerprint density at radius 2 is 2.08 bits per heavy atom. The third-order valence-electron chi connectivity index (χ3n) is 1.59. The first-order valence-electron chi connectivity index (χ1n) is 3.46. The van der Waals surface area contributed by atoms with Crippen LogP contribution >= 0.6 is 22.3 Å². The average molecular weight is 240 g/mol. The largest absolute Gasteiger partial charge is 0.258 e. The van der Waals surface area contributed by atoms with Crippen molar-refractivity contribution in [3.63, 3.8) is 0 Å². The Kier molecular flexibility index (Phi) is 3.16. The minimum absolute atomic E-state index is 0.388. The molecule has 1 unspecified atom stereocenters. The second-order valence-electron chi connectivity index (χ2n) is 2.52. The number of hydrogen-bond acceptors (Lipinski definition) is 3. The Hall–Kier alpha value is -0.320. The lowest BCUT2D eigenvalue weighted by atomic mass is 10.3. The summed E-state index contributed by atoms with van der Waals surface area (Å²) in [6.45, 7) is 1.47. The molecule has 0 aliphatic carbocycles. The Balaban J connectivity index is 3.04. The van der Waals surface area contributed by atoms with Crippen molar-refractivity contribution in [2.24, 2.45) is 0 Å². The van der Waals surface area contributed by atoms with Crippen LogP contribution in [0.1, 0.15) is 17.9 Å². The molecule has 0 saturated carbocycles. The Morgan fingerprint density at radius 1 is 1.46 bits per heavy atom. The van der Waals surface area contributed by atoms with Gasteiger partial charge in [-0.05, 0) is 19.1 Å². The lowest BCUT2D eigenvalue weighted by Crippen LogP contribution is -2.04. The smallest absolute Gasteiger partial charge is 0.240 e. The molecule has 0 fully saturated rings. The van der Waals surface area contributed by atoms with Crippen LogP contribution in [0.25, 0.3) is 0 Å². The molecule has 0 bridgehead atoms. The van der Waals surface area contributed by atoms with Gasteiger partial charge in [0.05, 0.1) is 10.7 Å². The van der Waals surface area contributed by atoms with Crippen LogP contribution in [-0.4, -0.2) is 13.4 Å². The van der Waals surface area contributed by atoms with E-state index < -0.39 is 14.3 Å². The van der Waals surface area contributed by atoms with E-state index >= 15 is 0 Å². The van der Waals surface area contributed by atoms with E-state index in [1.54, 1.807) is 6.07 Å². The van der Waals surface area contributed by atoms with E-state index in [0.29, 0.717) is 10.7 Å². The van der Waals surface area contributed by atoms with Gasteiger partial charge in [0.1, 0.15) is 5.25 Å². The molecule has 13 heavy (non-hydrogen) atoms. The Bertz CT molecular complexity index is 387. The summed E-state index contributed by atoms with van der Waals surface area (Å²) < 4.78 is 21.8. The molecule has 0 saturated heterocycles. The average Bonchev–Trinajstić information content (AvgIpc) is 2.03. The standard InChI is InChI=1S/C7H7Cl2NO2S/c1-5(13(9,11)12)7-3-2-6(8)4-10-7/h2-5H,1H3. The predicted octanol–water partition coefficient (Wildman–Crippen LogP) is 2.36. The summed E-state index contributed by atoms with van der Waals surface area (Å²) >= 11 is 5.59. The number of hydrogen-bond donors (Lipinski definition) is 0. The van der Waals surface area contributed by atoms with Gasteiger partial charge in [-0.25, -0.2) is 8.42 Å².